The molecule has 6 rings (SSSR count). The van der Waals surface area contributed by atoms with Crippen molar-refractivity contribution in [1.29, 1.82) is 0 Å². The summed E-state index contributed by atoms with van der Waals surface area (Å²) in [6.45, 7) is 1.66. The first-order chi connectivity index (χ1) is 29.6. The molecular weight excluding hydrogens is 893 g/mol. The van der Waals surface area contributed by atoms with Gasteiger partial charge in [-0.3, -0.25) is 27.5 Å². The van der Waals surface area contributed by atoms with Crippen LogP contribution in [0.5, 0.6) is 0 Å². The van der Waals surface area contributed by atoms with Crippen LogP contribution in [-0.2, 0) is 59.1 Å². The molecule has 63 heavy (non-hydrogen) atoms. The van der Waals surface area contributed by atoms with Gasteiger partial charge >= 0.3 is 33.5 Å². The van der Waals surface area contributed by atoms with E-state index in [1.54, 1.807) is 0 Å². The number of halogens is 3. The number of phosphoric ester groups is 2. The molecule has 0 bridgehead atoms. The number of carbonyl (C=O) groups is 2. The second-order valence-corrected chi connectivity index (χ2v) is 16.6. The van der Waals surface area contributed by atoms with Crippen molar-refractivity contribution in [3.05, 3.63) is 83.4 Å². The lowest BCUT2D eigenvalue weighted by atomic mass is 10.0. The number of esters is 1. The molecular formula is C34H40F3N9O15P2. The van der Waals surface area contributed by atoms with Crippen molar-refractivity contribution in [1.82, 2.24) is 34.4 Å². The smallest absolute Gasteiger partial charge is 0.455 e. The highest BCUT2D eigenvalue weighted by Gasteiger charge is 2.50. The van der Waals surface area contributed by atoms with Gasteiger partial charge in [0.25, 0.3) is 0 Å². The SMILES string of the molecule is C=CCCC(=O)NC(Cc1ccc(C(F)(F)F)cc1)C(=O)O[C@H]1[C@@H](O)[C@H](n2cnc3c(N)ncnc32)O[C@@H]1COP(=O)(O)O[C@H]1C[C@H](n2ccc(N)nc2=O)O[C@@H]1COP(=O)(O)O. The Morgan fingerprint density at radius 3 is 2.41 bits per heavy atom. The number of nitrogen functional groups attached to an aromatic ring is 2. The van der Waals surface area contributed by atoms with Crippen molar-refractivity contribution in [3.8, 4) is 0 Å². The molecule has 9 atom stereocenters. The van der Waals surface area contributed by atoms with Crippen LogP contribution < -0.4 is 22.5 Å². The van der Waals surface area contributed by atoms with Crippen LogP contribution in [0.1, 0.15) is 42.8 Å². The number of aliphatic hydroxyl groups is 1. The van der Waals surface area contributed by atoms with Gasteiger partial charge in [-0.1, -0.05) is 18.2 Å². The number of fused-ring (bicyclic) bond motifs is 1. The minimum atomic E-state index is -5.31. The highest BCUT2D eigenvalue weighted by atomic mass is 31.2. The van der Waals surface area contributed by atoms with E-state index in [-0.39, 0.29) is 47.6 Å². The largest absolute Gasteiger partial charge is 0.472 e. The van der Waals surface area contributed by atoms with Crippen LogP contribution in [0.4, 0.5) is 24.8 Å². The first kappa shape index (κ1) is 47.3. The van der Waals surface area contributed by atoms with Crippen molar-refractivity contribution in [2.75, 3.05) is 24.7 Å². The monoisotopic (exact) mass is 933 g/mol. The van der Waals surface area contributed by atoms with Gasteiger partial charge < -0.3 is 50.8 Å². The van der Waals surface area contributed by atoms with Crippen molar-refractivity contribution in [3.63, 3.8) is 0 Å². The summed E-state index contributed by atoms with van der Waals surface area (Å²) < 4.78 is 99.5. The fraction of sp³-hybridized carbons (Fsp3) is 0.441. The van der Waals surface area contributed by atoms with E-state index in [0.29, 0.717) is 0 Å². The number of anilines is 2. The highest BCUT2D eigenvalue weighted by Crippen LogP contribution is 2.50. The molecule has 0 aliphatic carbocycles. The Morgan fingerprint density at radius 2 is 1.75 bits per heavy atom. The summed E-state index contributed by atoms with van der Waals surface area (Å²) in [5, 5.41) is 14.1. The number of hydrogen-bond acceptors (Lipinski definition) is 18. The molecule has 2 fully saturated rings. The maximum atomic E-state index is 13.9. The third-order valence-electron chi connectivity index (χ3n) is 9.56. The van der Waals surface area contributed by atoms with E-state index in [2.05, 4.69) is 36.4 Å². The normalized spacial score (nSPS) is 24.2. The second kappa shape index (κ2) is 19.3. The zero-order chi connectivity index (χ0) is 45.9. The van der Waals surface area contributed by atoms with Crippen LogP contribution in [-0.4, -0.2) is 111 Å². The predicted octanol–water partition coefficient (Wildman–Crippen LogP) is 1.03. The molecule has 24 nitrogen and oxygen atoms in total. The Labute approximate surface area is 352 Å². The third kappa shape index (κ3) is 11.9. The second-order valence-electron chi connectivity index (χ2n) is 14.0. The fourth-order valence-corrected chi connectivity index (χ4v) is 7.88. The summed E-state index contributed by atoms with van der Waals surface area (Å²) in [6, 6.07) is 3.44. The molecule has 0 radical (unpaired) electrons. The lowest BCUT2D eigenvalue weighted by Gasteiger charge is -2.25. The van der Waals surface area contributed by atoms with Crippen molar-refractivity contribution in [2.45, 2.75) is 80.9 Å². The standard InChI is InChI=1S/C34H40F3N9O15P2/c1-2-3-4-24(47)43-19(11-17-5-7-18(8-6-17)34(35,36)37)32(49)60-28-22(59-31(27(28)48)46-16-42-26-29(39)40-15-41-30(26)46)14-57-63(54,55)61-20-12-25(45-10-9-23(38)44-33(45)50)58-21(20)13-56-62(51,52)53/h2,5-10,15-16,19-22,25,27-28,31,48H,1,3-4,11-14H2,(H,43,47)(H,54,55)(H2,38,44,50)(H2,39,40,41)(H2,51,52,53)/t19?,20-,21+,22+,25+,27+,28+,31+/m0/s1. The summed E-state index contributed by atoms with van der Waals surface area (Å²) in [5.74, 6) is -2.06. The number of alkyl halides is 3. The molecule has 4 aromatic rings. The van der Waals surface area contributed by atoms with Gasteiger partial charge in [-0.05, 0) is 30.2 Å². The molecule has 1 amide bonds. The average molecular weight is 934 g/mol. The number of hydrogen-bond donors (Lipinski definition) is 7. The third-order valence-corrected chi connectivity index (χ3v) is 11.1. The topological polar surface area (TPSA) is 347 Å². The fourth-order valence-electron chi connectivity index (χ4n) is 6.58. The molecule has 2 unspecified atom stereocenters. The highest BCUT2D eigenvalue weighted by molar-refractivity contribution is 7.47. The lowest BCUT2D eigenvalue weighted by molar-refractivity contribution is -0.160. The van der Waals surface area contributed by atoms with Gasteiger partial charge in [-0.25, -0.2) is 33.7 Å². The number of imidazole rings is 1. The number of rotatable bonds is 18. The van der Waals surface area contributed by atoms with Crippen molar-refractivity contribution < 1.29 is 79.5 Å². The summed E-state index contributed by atoms with van der Waals surface area (Å²) >= 11 is 0. The van der Waals surface area contributed by atoms with Gasteiger partial charge in [0.15, 0.2) is 23.8 Å². The van der Waals surface area contributed by atoms with E-state index in [0.717, 1.165) is 41.5 Å². The number of ether oxygens (including phenoxy) is 3. The molecule has 0 saturated carbocycles. The van der Waals surface area contributed by atoms with E-state index < -0.39 is 114 Å². The predicted molar refractivity (Wildman–Crippen MR) is 206 cm³/mol. The van der Waals surface area contributed by atoms with Crippen LogP contribution in [0, 0.1) is 0 Å². The van der Waals surface area contributed by atoms with Crippen LogP contribution in [0.3, 0.4) is 0 Å². The first-order valence-corrected chi connectivity index (χ1v) is 21.5. The Balaban J connectivity index is 1.25. The Kier molecular flexibility index (Phi) is 14.5. The molecule has 1 aromatic carbocycles. The van der Waals surface area contributed by atoms with Crippen molar-refractivity contribution >= 4 is 50.3 Å². The summed E-state index contributed by atoms with van der Waals surface area (Å²) in [4.78, 5) is 84.5. The van der Waals surface area contributed by atoms with Gasteiger partial charge in [-0.2, -0.15) is 18.2 Å². The van der Waals surface area contributed by atoms with Gasteiger partial charge in [0, 0.05) is 25.5 Å². The summed E-state index contributed by atoms with van der Waals surface area (Å²) in [6.07, 6.45) is -11.6. The van der Waals surface area contributed by atoms with Crippen molar-refractivity contribution in [2.24, 2.45) is 0 Å². The van der Waals surface area contributed by atoms with E-state index in [1.165, 1.54) is 22.9 Å². The molecule has 2 saturated heterocycles. The van der Waals surface area contributed by atoms with Gasteiger partial charge in [0.1, 0.15) is 54.3 Å². The molecule has 0 spiro atoms. The Bertz CT molecular complexity index is 2460. The lowest BCUT2D eigenvalue weighted by Crippen LogP contribution is -2.47. The molecule has 9 N–H and O–H groups in total. The van der Waals surface area contributed by atoms with Gasteiger partial charge in [0.2, 0.25) is 5.91 Å². The summed E-state index contributed by atoms with van der Waals surface area (Å²) in [7, 11) is -10.4. The Morgan fingerprint density at radius 1 is 1.03 bits per heavy atom. The quantitative estimate of drug-likeness (QED) is 0.0416. The number of nitrogens with two attached hydrogens (primary N) is 2. The number of aliphatic hydroxyl groups excluding tert-OH is 1. The number of benzene rings is 1. The zero-order valence-corrected chi connectivity index (χ0v) is 34.2. The molecule has 342 valence electrons. The molecule has 3 aromatic heterocycles. The Hall–Kier alpha value is -5.18. The molecule has 2 aliphatic rings. The van der Waals surface area contributed by atoms with E-state index >= 15 is 0 Å². The van der Waals surface area contributed by atoms with Gasteiger partial charge in [0.05, 0.1) is 25.1 Å². The van der Waals surface area contributed by atoms with E-state index in [4.69, 9.17) is 34.7 Å². The zero-order valence-electron chi connectivity index (χ0n) is 32.4. The van der Waals surface area contributed by atoms with E-state index in [9.17, 15) is 56.5 Å². The number of nitrogens with one attached hydrogen (secondary N) is 1. The minimum absolute atomic E-state index is 0.0405. The van der Waals surface area contributed by atoms with Gasteiger partial charge in [-0.15, -0.1) is 6.58 Å². The molecule has 29 heteroatoms. The number of allylic oxidation sites excluding steroid dienone is 1. The van der Waals surface area contributed by atoms with E-state index in [1.807, 2.05) is 0 Å². The molecule has 5 heterocycles. The maximum absolute atomic E-state index is 13.9. The van der Waals surface area contributed by atoms with Crippen LogP contribution in [0.2, 0.25) is 0 Å². The maximum Gasteiger partial charge on any atom is 0.472 e. The molecule has 2 aliphatic heterocycles. The number of amides is 1. The van der Waals surface area contributed by atoms with Crippen LogP contribution in [0.15, 0.2) is 66.6 Å². The average Bonchev–Trinajstić information content (AvgIpc) is 3.90. The first-order valence-electron chi connectivity index (χ1n) is 18.5. The number of carbonyl (C=O) groups excluding carboxylic acids is 2. The number of aromatic nitrogens is 6. The number of nitrogens with zero attached hydrogens (tertiary/aromatic N) is 6. The minimum Gasteiger partial charge on any atom is -0.455 e. The summed E-state index contributed by atoms with van der Waals surface area (Å²) in [5.41, 5.74) is 9.90. The van der Waals surface area contributed by atoms with Crippen LogP contribution in [0.25, 0.3) is 11.2 Å². The number of phosphoric acid groups is 2. The van der Waals surface area contributed by atoms with Crippen LogP contribution >= 0.6 is 15.6 Å².